The Bertz CT molecular complexity index is 366. The molecule has 16 heavy (non-hydrogen) atoms. The average Bonchev–Trinajstić information content (AvgIpc) is 2.79. The van der Waals surface area contributed by atoms with Crippen molar-refractivity contribution in [3.63, 3.8) is 0 Å². The first kappa shape index (κ1) is 12.4. The summed E-state index contributed by atoms with van der Waals surface area (Å²) in [6, 6.07) is 6.33. The molecule has 0 aromatic heterocycles. The second-order valence-electron chi connectivity index (χ2n) is 4.03. The van der Waals surface area contributed by atoms with E-state index in [2.05, 4.69) is 27.3 Å². The van der Waals surface area contributed by atoms with Gasteiger partial charge in [0.25, 0.3) is 0 Å². The molecule has 1 heterocycles. The van der Waals surface area contributed by atoms with Crippen LogP contribution in [0.15, 0.2) is 22.7 Å². The Morgan fingerprint density at radius 3 is 3.00 bits per heavy atom. The Labute approximate surface area is 109 Å². The van der Waals surface area contributed by atoms with E-state index in [9.17, 15) is 0 Å². The lowest BCUT2D eigenvalue weighted by Gasteiger charge is -2.23. The van der Waals surface area contributed by atoms with Crippen LogP contribution in [-0.2, 0) is 4.74 Å². The largest absolute Gasteiger partial charge is 0.381 e. The number of benzene rings is 1. The van der Waals surface area contributed by atoms with Crippen molar-refractivity contribution in [2.75, 3.05) is 20.3 Å². The standard InChI is InChI=1S/C12H15BrClNO/c1-15-12(8-5-6-16-7-8)9-3-2-4-10(13)11(9)14/h2-4,8,12,15H,5-7H2,1H3. The normalized spacial score (nSPS) is 22.3. The summed E-state index contributed by atoms with van der Waals surface area (Å²) in [6.45, 7) is 1.67. The smallest absolute Gasteiger partial charge is 0.0595 e. The number of rotatable bonds is 3. The van der Waals surface area contributed by atoms with Crippen LogP contribution in [0.25, 0.3) is 0 Å². The van der Waals surface area contributed by atoms with Gasteiger partial charge in [0.2, 0.25) is 0 Å². The fourth-order valence-corrected chi connectivity index (χ4v) is 2.85. The predicted molar refractivity (Wildman–Crippen MR) is 69.9 cm³/mol. The van der Waals surface area contributed by atoms with E-state index >= 15 is 0 Å². The van der Waals surface area contributed by atoms with Crippen LogP contribution in [0.2, 0.25) is 5.02 Å². The summed E-state index contributed by atoms with van der Waals surface area (Å²) in [6.07, 6.45) is 1.09. The molecule has 1 aromatic rings. The molecule has 1 aliphatic heterocycles. The number of hydrogen-bond acceptors (Lipinski definition) is 2. The molecule has 88 valence electrons. The number of hydrogen-bond donors (Lipinski definition) is 1. The fourth-order valence-electron chi connectivity index (χ4n) is 2.22. The summed E-state index contributed by atoms with van der Waals surface area (Å²) in [5.74, 6) is 0.511. The first-order valence-electron chi connectivity index (χ1n) is 5.43. The minimum atomic E-state index is 0.271. The Morgan fingerprint density at radius 1 is 1.56 bits per heavy atom. The SMILES string of the molecule is CNC(c1cccc(Br)c1Cl)C1CCOC1. The lowest BCUT2D eigenvalue weighted by Crippen LogP contribution is -2.25. The van der Waals surface area contributed by atoms with Crippen molar-refractivity contribution in [3.05, 3.63) is 33.3 Å². The van der Waals surface area contributed by atoms with Crippen molar-refractivity contribution in [2.45, 2.75) is 12.5 Å². The van der Waals surface area contributed by atoms with E-state index in [4.69, 9.17) is 16.3 Å². The highest BCUT2D eigenvalue weighted by atomic mass is 79.9. The van der Waals surface area contributed by atoms with Crippen molar-refractivity contribution < 1.29 is 4.74 Å². The van der Waals surface area contributed by atoms with Crippen LogP contribution < -0.4 is 5.32 Å². The molecular formula is C12H15BrClNO. The van der Waals surface area contributed by atoms with Gasteiger partial charge in [0.1, 0.15) is 0 Å². The maximum Gasteiger partial charge on any atom is 0.0595 e. The van der Waals surface area contributed by atoms with Crippen LogP contribution in [0.5, 0.6) is 0 Å². The van der Waals surface area contributed by atoms with Crippen molar-refractivity contribution in [3.8, 4) is 0 Å². The third-order valence-electron chi connectivity index (χ3n) is 3.06. The molecule has 4 heteroatoms. The predicted octanol–water partition coefficient (Wildman–Crippen LogP) is 3.40. The van der Waals surface area contributed by atoms with Crippen LogP contribution in [0.4, 0.5) is 0 Å². The molecule has 1 fully saturated rings. The van der Waals surface area contributed by atoms with Gasteiger partial charge in [0.05, 0.1) is 11.6 Å². The summed E-state index contributed by atoms with van der Waals surface area (Å²) in [5.41, 5.74) is 1.15. The maximum atomic E-state index is 6.32. The van der Waals surface area contributed by atoms with Gasteiger partial charge in [-0.25, -0.2) is 0 Å². The molecule has 0 saturated carbocycles. The zero-order valence-corrected chi connectivity index (χ0v) is 11.5. The third-order valence-corrected chi connectivity index (χ3v) is 4.37. The highest BCUT2D eigenvalue weighted by Gasteiger charge is 2.27. The molecule has 1 N–H and O–H groups in total. The van der Waals surface area contributed by atoms with Crippen molar-refractivity contribution in [2.24, 2.45) is 5.92 Å². The lowest BCUT2D eigenvalue weighted by molar-refractivity contribution is 0.178. The van der Waals surface area contributed by atoms with Gasteiger partial charge in [-0.2, -0.15) is 0 Å². The molecule has 0 spiro atoms. The molecule has 0 aliphatic carbocycles. The Kier molecular flexibility index (Phi) is 4.25. The zero-order valence-electron chi connectivity index (χ0n) is 9.17. The Hall–Kier alpha value is -0.0900. The van der Waals surface area contributed by atoms with Crippen molar-refractivity contribution >= 4 is 27.5 Å². The first-order chi connectivity index (χ1) is 7.74. The summed E-state index contributed by atoms with van der Waals surface area (Å²) in [4.78, 5) is 0. The van der Waals surface area contributed by atoms with Gasteiger partial charge in [0, 0.05) is 23.0 Å². The molecule has 1 aliphatic rings. The Balaban J connectivity index is 2.28. The van der Waals surface area contributed by atoms with Gasteiger partial charge in [-0.05, 0) is 41.0 Å². The van der Waals surface area contributed by atoms with E-state index in [1.807, 2.05) is 19.2 Å². The molecule has 0 bridgehead atoms. The van der Waals surface area contributed by atoms with Gasteiger partial charge >= 0.3 is 0 Å². The molecule has 2 unspecified atom stereocenters. The number of nitrogens with one attached hydrogen (secondary N) is 1. The second-order valence-corrected chi connectivity index (χ2v) is 5.27. The maximum absolute atomic E-state index is 6.32. The zero-order chi connectivity index (χ0) is 11.5. The third kappa shape index (κ3) is 2.43. The number of ether oxygens (including phenoxy) is 1. The number of halogens is 2. The summed E-state index contributed by atoms with van der Waals surface area (Å²) in [7, 11) is 1.97. The molecule has 1 aromatic carbocycles. The van der Waals surface area contributed by atoms with Crippen molar-refractivity contribution in [1.29, 1.82) is 0 Å². The summed E-state index contributed by atoms with van der Waals surface area (Å²) in [5, 5.41) is 4.14. The summed E-state index contributed by atoms with van der Waals surface area (Å²) >= 11 is 9.78. The summed E-state index contributed by atoms with van der Waals surface area (Å²) < 4.78 is 6.39. The Morgan fingerprint density at radius 2 is 2.38 bits per heavy atom. The van der Waals surface area contributed by atoms with Gasteiger partial charge in [-0.3, -0.25) is 0 Å². The highest BCUT2D eigenvalue weighted by molar-refractivity contribution is 9.10. The van der Waals surface area contributed by atoms with Gasteiger partial charge in [-0.1, -0.05) is 23.7 Å². The molecule has 2 rings (SSSR count). The van der Waals surface area contributed by atoms with Crippen LogP contribution in [0.1, 0.15) is 18.0 Å². The minimum absolute atomic E-state index is 0.271. The fraction of sp³-hybridized carbons (Fsp3) is 0.500. The minimum Gasteiger partial charge on any atom is -0.381 e. The van der Waals surface area contributed by atoms with Crippen LogP contribution in [0, 0.1) is 5.92 Å². The molecule has 2 nitrogen and oxygen atoms in total. The van der Waals surface area contributed by atoms with E-state index in [1.165, 1.54) is 0 Å². The van der Waals surface area contributed by atoms with E-state index in [1.54, 1.807) is 0 Å². The molecule has 0 amide bonds. The first-order valence-corrected chi connectivity index (χ1v) is 6.60. The molecular weight excluding hydrogens is 289 g/mol. The van der Waals surface area contributed by atoms with Gasteiger partial charge < -0.3 is 10.1 Å². The quantitative estimate of drug-likeness (QED) is 0.924. The lowest BCUT2D eigenvalue weighted by atomic mass is 9.92. The van der Waals surface area contributed by atoms with E-state index in [0.29, 0.717) is 5.92 Å². The van der Waals surface area contributed by atoms with Crippen LogP contribution in [-0.4, -0.2) is 20.3 Å². The molecule has 0 radical (unpaired) electrons. The van der Waals surface area contributed by atoms with E-state index in [0.717, 1.165) is 34.7 Å². The van der Waals surface area contributed by atoms with Crippen molar-refractivity contribution in [1.82, 2.24) is 5.32 Å². The topological polar surface area (TPSA) is 21.3 Å². The average molecular weight is 305 g/mol. The van der Waals surface area contributed by atoms with Crippen LogP contribution in [0.3, 0.4) is 0 Å². The van der Waals surface area contributed by atoms with E-state index < -0.39 is 0 Å². The van der Waals surface area contributed by atoms with Crippen LogP contribution >= 0.6 is 27.5 Å². The molecule has 1 saturated heterocycles. The highest BCUT2D eigenvalue weighted by Crippen LogP contribution is 2.35. The van der Waals surface area contributed by atoms with Gasteiger partial charge in [-0.15, -0.1) is 0 Å². The van der Waals surface area contributed by atoms with E-state index in [-0.39, 0.29) is 6.04 Å². The molecule has 2 atom stereocenters. The second kappa shape index (κ2) is 5.50. The van der Waals surface area contributed by atoms with Gasteiger partial charge in [0.15, 0.2) is 0 Å². The monoisotopic (exact) mass is 303 g/mol.